The van der Waals surface area contributed by atoms with Crippen LogP contribution >= 0.6 is 27.5 Å². The van der Waals surface area contributed by atoms with E-state index in [1.165, 1.54) is 0 Å². The molecule has 0 aromatic heterocycles. The highest BCUT2D eigenvalue weighted by Crippen LogP contribution is 2.23. The van der Waals surface area contributed by atoms with E-state index in [-0.39, 0.29) is 11.9 Å². The highest BCUT2D eigenvalue weighted by Gasteiger charge is 2.23. The van der Waals surface area contributed by atoms with Gasteiger partial charge in [-0.25, -0.2) is 0 Å². The first kappa shape index (κ1) is 13.8. The molecule has 1 aromatic rings. The molecule has 98 valence electrons. The molecule has 2 rings (SSSR count). The van der Waals surface area contributed by atoms with Crippen molar-refractivity contribution in [3.8, 4) is 0 Å². The second-order valence-corrected chi connectivity index (χ2v) is 5.78. The van der Waals surface area contributed by atoms with Gasteiger partial charge in [0.2, 0.25) is 0 Å². The van der Waals surface area contributed by atoms with Crippen LogP contribution in [0.5, 0.6) is 0 Å². The van der Waals surface area contributed by atoms with Gasteiger partial charge in [0, 0.05) is 28.6 Å². The Hall–Kier alpha value is -0.580. The number of halogens is 2. The number of benzene rings is 1. The summed E-state index contributed by atoms with van der Waals surface area (Å²) in [5.41, 5.74) is 0.578. The quantitative estimate of drug-likeness (QED) is 0.922. The second kappa shape index (κ2) is 6.04. The SMILES string of the molecule is CC(NC(=O)c1ccc(Br)c(Cl)c1)C1CCOC1. The molecule has 18 heavy (non-hydrogen) atoms. The molecule has 1 aromatic carbocycles. The third-order valence-corrected chi connectivity index (χ3v) is 4.45. The lowest BCUT2D eigenvalue weighted by molar-refractivity contribution is 0.0922. The van der Waals surface area contributed by atoms with E-state index in [1.54, 1.807) is 18.2 Å². The van der Waals surface area contributed by atoms with Gasteiger partial charge in [-0.3, -0.25) is 4.79 Å². The maximum Gasteiger partial charge on any atom is 0.251 e. The van der Waals surface area contributed by atoms with Gasteiger partial charge in [-0.05, 0) is 47.5 Å². The van der Waals surface area contributed by atoms with Crippen LogP contribution in [-0.4, -0.2) is 25.2 Å². The van der Waals surface area contributed by atoms with Crippen LogP contribution in [0.2, 0.25) is 5.02 Å². The summed E-state index contributed by atoms with van der Waals surface area (Å²) in [6, 6.07) is 5.31. The Kier molecular flexibility index (Phi) is 4.65. The lowest BCUT2D eigenvalue weighted by atomic mass is 10.0. The molecule has 0 bridgehead atoms. The summed E-state index contributed by atoms with van der Waals surface area (Å²) in [5, 5.41) is 3.53. The smallest absolute Gasteiger partial charge is 0.251 e. The third-order valence-electron chi connectivity index (χ3n) is 3.21. The lowest BCUT2D eigenvalue weighted by Crippen LogP contribution is -2.38. The molecule has 5 heteroatoms. The van der Waals surface area contributed by atoms with Crippen molar-refractivity contribution in [2.24, 2.45) is 5.92 Å². The number of carbonyl (C=O) groups excluding carboxylic acids is 1. The molecule has 0 radical (unpaired) electrons. The molecular weight excluding hydrogens is 318 g/mol. The predicted molar refractivity (Wildman–Crippen MR) is 75.0 cm³/mol. The van der Waals surface area contributed by atoms with Crippen molar-refractivity contribution in [2.75, 3.05) is 13.2 Å². The van der Waals surface area contributed by atoms with Crippen LogP contribution in [0.4, 0.5) is 0 Å². The van der Waals surface area contributed by atoms with E-state index in [2.05, 4.69) is 21.2 Å². The van der Waals surface area contributed by atoms with Gasteiger partial charge in [0.15, 0.2) is 0 Å². The fourth-order valence-corrected chi connectivity index (χ4v) is 2.42. The Bertz CT molecular complexity index is 447. The first-order valence-electron chi connectivity index (χ1n) is 5.91. The maximum absolute atomic E-state index is 12.0. The zero-order chi connectivity index (χ0) is 13.1. The van der Waals surface area contributed by atoms with Gasteiger partial charge in [-0.1, -0.05) is 11.6 Å². The van der Waals surface area contributed by atoms with Gasteiger partial charge < -0.3 is 10.1 Å². The minimum Gasteiger partial charge on any atom is -0.381 e. The van der Waals surface area contributed by atoms with E-state index >= 15 is 0 Å². The zero-order valence-corrected chi connectivity index (χ0v) is 12.4. The number of carbonyl (C=O) groups is 1. The van der Waals surface area contributed by atoms with E-state index in [0.717, 1.165) is 24.1 Å². The molecule has 1 amide bonds. The van der Waals surface area contributed by atoms with Crippen molar-refractivity contribution in [2.45, 2.75) is 19.4 Å². The van der Waals surface area contributed by atoms with Crippen LogP contribution in [0.3, 0.4) is 0 Å². The van der Waals surface area contributed by atoms with Crippen molar-refractivity contribution in [1.29, 1.82) is 0 Å². The Morgan fingerprint density at radius 2 is 2.39 bits per heavy atom. The lowest BCUT2D eigenvalue weighted by Gasteiger charge is -2.19. The Balaban J connectivity index is 2.00. The molecule has 1 aliphatic rings. The molecule has 0 aliphatic carbocycles. The fraction of sp³-hybridized carbons (Fsp3) is 0.462. The van der Waals surface area contributed by atoms with E-state index in [9.17, 15) is 4.79 Å². The molecule has 0 saturated carbocycles. The third kappa shape index (κ3) is 3.25. The number of nitrogens with one attached hydrogen (secondary N) is 1. The average molecular weight is 333 g/mol. The second-order valence-electron chi connectivity index (χ2n) is 4.51. The zero-order valence-electron chi connectivity index (χ0n) is 10.1. The molecule has 3 nitrogen and oxygen atoms in total. The highest BCUT2D eigenvalue weighted by molar-refractivity contribution is 9.10. The predicted octanol–water partition coefficient (Wildman–Crippen LogP) is 3.26. The van der Waals surface area contributed by atoms with Gasteiger partial charge in [-0.2, -0.15) is 0 Å². The van der Waals surface area contributed by atoms with Gasteiger partial charge in [0.25, 0.3) is 5.91 Å². The fourth-order valence-electron chi connectivity index (χ4n) is 1.99. The minimum absolute atomic E-state index is 0.0937. The summed E-state index contributed by atoms with van der Waals surface area (Å²) in [4.78, 5) is 12.0. The van der Waals surface area contributed by atoms with Crippen molar-refractivity contribution in [1.82, 2.24) is 5.32 Å². The highest BCUT2D eigenvalue weighted by atomic mass is 79.9. The van der Waals surface area contributed by atoms with Crippen LogP contribution in [0.25, 0.3) is 0 Å². The Labute approximate surface area is 120 Å². The molecule has 1 fully saturated rings. The summed E-state index contributed by atoms with van der Waals surface area (Å²) < 4.78 is 6.11. The molecule has 1 N–H and O–H groups in total. The van der Waals surface area contributed by atoms with E-state index in [1.807, 2.05) is 6.92 Å². The Morgan fingerprint density at radius 3 is 3.00 bits per heavy atom. The molecule has 2 atom stereocenters. The van der Waals surface area contributed by atoms with Crippen LogP contribution in [-0.2, 0) is 4.74 Å². The average Bonchev–Trinajstić information content (AvgIpc) is 2.86. The summed E-state index contributed by atoms with van der Waals surface area (Å²) in [6.45, 7) is 3.52. The van der Waals surface area contributed by atoms with Gasteiger partial charge in [-0.15, -0.1) is 0 Å². The molecule has 2 unspecified atom stereocenters. The summed E-state index contributed by atoms with van der Waals surface area (Å²) in [6.07, 6.45) is 1.00. The van der Waals surface area contributed by atoms with E-state index < -0.39 is 0 Å². The monoisotopic (exact) mass is 331 g/mol. The topological polar surface area (TPSA) is 38.3 Å². The first-order chi connectivity index (χ1) is 8.58. The standard InChI is InChI=1S/C13H15BrClNO2/c1-8(10-4-5-18-7-10)16-13(17)9-2-3-11(14)12(15)6-9/h2-3,6,8,10H,4-5,7H2,1H3,(H,16,17). The molecule has 1 aliphatic heterocycles. The van der Waals surface area contributed by atoms with Gasteiger partial charge in [0.1, 0.15) is 0 Å². The number of ether oxygens (including phenoxy) is 1. The first-order valence-corrected chi connectivity index (χ1v) is 7.08. The van der Waals surface area contributed by atoms with Gasteiger partial charge in [0.05, 0.1) is 11.6 Å². The summed E-state index contributed by atoms with van der Waals surface area (Å²) in [5.74, 6) is 0.309. The number of amides is 1. The van der Waals surface area contributed by atoms with Crippen LogP contribution < -0.4 is 5.32 Å². The van der Waals surface area contributed by atoms with Crippen LogP contribution in [0.1, 0.15) is 23.7 Å². The van der Waals surface area contributed by atoms with Crippen molar-refractivity contribution < 1.29 is 9.53 Å². The van der Waals surface area contributed by atoms with Crippen molar-refractivity contribution >= 4 is 33.4 Å². The maximum atomic E-state index is 12.0. The van der Waals surface area contributed by atoms with E-state index in [4.69, 9.17) is 16.3 Å². The van der Waals surface area contributed by atoms with Crippen LogP contribution in [0, 0.1) is 5.92 Å². The normalized spacial score (nSPS) is 20.7. The number of hydrogen-bond donors (Lipinski definition) is 1. The van der Waals surface area contributed by atoms with Gasteiger partial charge >= 0.3 is 0 Å². The minimum atomic E-state index is -0.0937. The van der Waals surface area contributed by atoms with E-state index in [0.29, 0.717) is 16.5 Å². The number of rotatable bonds is 3. The summed E-state index contributed by atoms with van der Waals surface area (Å²) >= 11 is 9.28. The van der Waals surface area contributed by atoms with Crippen molar-refractivity contribution in [3.63, 3.8) is 0 Å². The molecule has 0 spiro atoms. The Morgan fingerprint density at radius 1 is 1.61 bits per heavy atom. The molecule has 1 saturated heterocycles. The van der Waals surface area contributed by atoms with Crippen LogP contribution in [0.15, 0.2) is 22.7 Å². The van der Waals surface area contributed by atoms with Crippen molar-refractivity contribution in [3.05, 3.63) is 33.3 Å². The summed E-state index contributed by atoms with van der Waals surface area (Å²) in [7, 11) is 0. The largest absolute Gasteiger partial charge is 0.381 e. The molecule has 1 heterocycles. The molecular formula is C13H15BrClNO2. The number of hydrogen-bond acceptors (Lipinski definition) is 2.